The van der Waals surface area contributed by atoms with Gasteiger partial charge in [-0.25, -0.2) is 4.79 Å². The Bertz CT molecular complexity index is 377. The summed E-state index contributed by atoms with van der Waals surface area (Å²) in [4.78, 5) is 10.6. The van der Waals surface area contributed by atoms with Crippen LogP contribution in [0.3, 0.4) is 0 Å². The number of carboxylic acid groups (broad SMARTS) is 1. The third-order valence-electron chi connectivity index (χ3n) is 1.84. The van der Waals surface area contributed by atoms with Gasteiger partial charge >= 0.3 is 5.97 Å². The van der Waals surface area contributed by atoms with E-state index >= 15 is 0 Å². The van der Waals surface area contributed by atoms with Gasteiger partial charge in [-0.15, -0.1) is 0 Å². The van der Waals surface area contributed by atoms with Crippen LogP contribution in [0.5, 0.6) is 11.5 Å². The number of hydrogen-bond donors (Lipinski definition) is 1. The molecule has 4 nitrogen and oxygen atoms in total. The Morgan fingerprint density at radius 3 is 3.00 bits per heavy atom. The molecule has 1 aromatic carbocycles. The molecule has 74 valence electrons. The standard InChI is InChI=1S/C9H7ClO4/c10-5-1-2-6-7(3-5)14-8(4-13-6)9(11)12/h1-3,8H,4H2,(H,11,12). The highest BCUT2D eigenvalue weighted by molar-refractivity contribution is 6.30. The van der Waals surface area contributed by atoms with Crippen molar-refractivity contribution in [1.82, 2.24) is 0 Å². The third-order valence-corrected chi connectivity index (χ3v) is 2.08. The second kappa shape index (κ2) is 3.38. The van der Waals surface area contributed by atoms with Crippen LogP contribution >= 0.6 is 11.6 Å². The van der Waals surface area contributed by atoms with Crippen molar-refractivity contribution in [3.8, 4) is 11.5 Å². The van der Waals surface area contributed by atoms with Crippen LogP contribution in [0.1, 0.15) is 0 Å². The molecule has 1 aliphatic heterocycles. The van der Waals surface area contributed by atoms with E-state index in [1.54, 1.807) is 12.1 Å². The topological polar surface area (TPSA) is 55.8 Å². The van der Waals surface area contributed by atoms with Crippen LogP contribution in [0, 0.1) is 0 Å². The predicted molar refractivity (Wildman–Crippen MR) is 49.0 cm³/mol. The smallest absolute Gasteiger partial charge is 0.348 e. The second-order valence-electron chi connectivity index (χ2n) is 2.85. The van der Waals surface area contributed by atoms with E-state index in [9.17, 15) is 4.79 Å². The minimum atomic E-state index is -1.05. The maximum Gasteiger partial charge on any atom is 0.348 e. The lowest BCUT2D eigenvalue weighted by Crippen LogP contribution is -2.36. The molecule has 0 bridgehead atoms. The van der Waals surface area contributed by atoms with Crippen molar-refractivity contribution in [2.45, 2.75) is 6.10 Å². The lowest BCUT2D eigenvalue weighted by atomic mass is 10.2. The van der Waals surface area contributed by atoms with E-state index in [2.05, 4.69) is 0 Å². The number of benzene rings is 1. The zero-order valence-electron chi connectivity index (χ0n) is 7.07. The van der Waals surface area contributed by atoms with Gasteiger partial charge in [0.05, 0.1) is 0 Å². The number of aliphatic carboxylic acids is 1. The summed E-state index contributed by atoms with van der Waals surface area (Å²) in [7, 11) is 0. The number of ether oxygens (including phenoxy) is 2. The predicted octanol–water partition coefficient (Wildman–Crippen LogP) is 1.56. The van der Waals surface area contributed by atoms with Crippen LogP contribution in [0.15, 0.2) is 18.2 Å². The van der Waals surface area contributed by atoms with Gasteiger partial charge in [0.25, 0.3) is 0 Å². The van der Waals surface area contributed by atoms with E-state index in [0.717, 1.165) is 0 Å². The number of fused-ring (bicyclic) bond motifs is 1. The molecule has 1 heterocycles. The number of halogens is 1. The number of rotatable bonds is 1. The van der Waals surface area contributed by atoms with Crippen LogP contribution in [0.25, 0.3) is 0 Å². The number of carboxylic acids is 1. The van der Waals surface area contributed by atoms with Gasteiger partial charge in [-0.3, -0.25) is 0 Å². The molecule has 5 heteroatoms. The molecule has 0 spiro atoms. The summed E-state index contributed by atoms with van der Waals surface area (Å²) in [5.74, 6) is -0.154. The number of hydrogen-bond acceptors (Lipinski definition) is 3. The lowest BCUT2D eigenvalue weighted by molar-refractivity contribution is -0.147. The first-order valence-electron chi connectivity index (χ1n) is 3.98. The molecule has 0 amide bonds. The average Bonchev–Trinajstić information content (AvgIpc) is 2.16. The Morgan fingerprint density at radius 1 is 1.50 bits per heavy atom. The average molecular weight is 215 g/mol. The fraction of sp³-hybridized carbons (Fsp3) is 0.222. The quantitative estimate of drug-likeness (QED) is 0.771. The van der Waals surface area contributed by atoms with E-state index in [-0.39, 0.29) is 6.61 Å². The summed E-state index contributed by atoms with van der Waals surface area (Å²) in [6, 6.07) is 4.84. The SMILES string of the molecule is O=C(O)C1COc2ccc(Cl)cc2O1. The van der Waals surface area contributed by atoms with Gasteiger partial charge in [0, 0.05) is 11.1 Å². The molecule has 0 radical (unpaired) electrons. The van der Waals surface area contributed by atoms with E-state index < -0.39 is 12.1 Å². The van der Waals surface area contributed by atoms with Crippen molar-refractivity contribution in [3.63, 3.8) is 0 Å². The van der Waals surface area contributed by atoms with Crippen molar-refractivity contribution < 1.29 is 19.4 Å². The summed E-state index contributed by atoms with van der Waals surface area (Å²) in [5, 5.41) is 9.18. The molecule has 1 aromatic rings. The van der Waals surface area contributed by atoms with Crippen LogP contribution in [0.4, 0.5) is 0 Å². The van der Waals surface area contributed by atoms with Crippen molar-refractivity contribution in [2.75, 3.05) is 6.61 Å². The van der Waals surface area contributed by atoms with Crippen LogP contribution in [0.2, 0.25) is 5.02 Å². The van der Waals surface area contributed by atoms with Crippen LogP contribution in [-0.2, 0) is 4.79 Å². The molecule has 0 saturated carbocycles. The molecular formula is C9H7ClO4. The maximum absolute atomic E-state index is 10.6. The zero-order chi connectivity index (χ0) is 10.1. The molecule has 2 rings (SSSR count). The van der Waals surface area contributed by atoms with Crippen LogP contribution in [-0.4, -0.2) is 23.8 Å². The maximum atomic E-state index is 10.6. The largest absolute Gasteiger partial charge is 0.485 e. The highest BCUT2D eigenvalue weighted by Crippen LogP contribution is 2.33. The van der Waals surface area contributed by atoms with Crippen molar-refractivity contribution in [3.05, 3.63) is 23.2 Å². The van der Waals surface area contributed by atoms with Gasteiger partial charge in [0.2, 0.25) is 6.10 Å². The highest BCUT2D eigenvalue weighted by atomic mass is 35.5. The summed E-state index contributed by atoms with van der Waals surface area (Å²) >= 11 is 5.72. The first-order chi connectivity index (χ1) is 6.66. The van der Waals surface area contributed by atoms with Gasteiger partial charge < -0.3 is 14.6 Å². The fourth-order valence-electron chi connectivity index (χ4n) is 1.17. The first kappa shape index (κ1) is 9.15. The Kier molecular flexibility index (Phi) is 2.21. The van der Waals surface area contributed by atoms with Crippen molar-refractivity contribution >= 4 is 17.6 Å². The van der Waals surface area contributed by atoms with E-state index in [1.165, 1.54) is 6.07 Å². The Morgan fingerprint density at radius 2 is 2.29 bits per heavy atom. The summed E-state index contributed by atoms with van der Waals surface area (Å²) in [6.45, 7) is 0.0178. The molecule has 1 aliphatic rings. The molecule has 1 N–H and O–H groups in total. The van der Waals surface area contributed by atoms with Crippen molar-refractivity contribution in [2.24, 2.45) is 0 Å². The Balaban J connectivity index is 2.29. The molecule has 0 fully saturated rings. The second-order valence-corrected chi connectivity index (χ2v) is 3.28. The van der Waals surface area contributed by atoms with Gasteiger partial charge in [0.1, 0.15) is 6.61 Å². The Hall–Kier alpha value is -1.42. The highest BCUT2D eigenvalue weighted by Gasteiger charge is 2.26. The van der Waals surface area contributed by atoms with Crippen molar-refractivity contribution in [1.29, 1.82) is 0 Å². The lowest BCUT2D eigenvalue weighted by Gasteiger charge is -2.23. The molecular weight excluding hydrogens is 208 g/mol. The van der Waals surface area contributed by atoms with Gasteiger partial charge in [-0.1, -0.05) is 11.6 Å². The fourth-order valence-corrected chi connectivity index (χ4v) is 1.33. The Labute approximate surface area is 85.0 Å². The zero-order valence-corrected chi connectivity index (χ0v) is 7.82. The minimum absolute atomic E-state index is 0.0178. The molecule has 0 aliphatic carbocycles. The summed E-state index contributed by atoms with van der Waals surface area (Å²) < 4.78 is 10.4. The van der Waals surface area contributed by atoms with Gasteiger partial charge in [-0.05, 0) is 12.1 Å². The molecule has 1 unspecified atom stereocenters. The van der Waals surface area contributed by atoms with Gasteiger partial charge in [-0.2, -0.15) is 0 Å². The monoisotopic (exact) mass is 214 g/mol. The van der Waals surface area contributed by atoms with E-state index in [4.69, 9.17) is 26.2 Å². The summed E-state index contributed by atoms with van der Waals surface area (Å²) in [6.07, 6.45) is -0.957. The molecule has 0 aromatic heterocycles. The van der Waals surface area contributed by atoms with E-state index in [1.807, 2.05) is 0 Å². The molecule has 0 saturated heterocycles. The number of carbonyl (C=O) groups is 1. The van der Waals surface area contributed by atoms with E-state index in [0.29, 0.717) is 16.5 Å². The normalized spacial score (nSPS) is 19.1. The first-order valence-corrected chi connectivity index (χ1v) is 4.36. The molecule has 1 atom stereocenters. The summed E-state index contributed by atoms with van der Waals surface area (Å²) in [5.41, 5.74) is 0. The van der Waals surface area contributed by atoms with Crippen LogP contribution < -0.4 is 9.47 Å². The van der Waals surface area contributed by atoms with Gasteiger partial charge in [0.15, 0.2) is 11.5 Å². The third kappa shape index (κ3) is 1.61. The molecule has 14 heavy (non-hydrogen) atoms. The minimum Gasteiger partial charge on any atom is -0.485 e.